The standard InChI is InChI=1S/C30H42O3/c1-8-30(9-2,25-14-10-23(21(3)18-25)12-16-27(32)20-31)26-15-11-24(22(4)19-26)13-17-28(33)29(5,6)7/h10-12,14-16,18-19,28,31,33H,8-9,13,17,20H2,1-7H3/b16-12+. The Kier molecular flexibility index (Phi) is 9.22. The Bertz CT molecular complexity index is 975. The minimum absolute atomic E-state index is 0.0812. The molecule has 0 radical (unpaired) electrons. The lowest BCUT2D eigenvalue weighted by molar-refractivity contribution is -0.117. The Labute approximate surface area is 200 Å². The van der Waals surface area contributed by atoms with Crippen molar-refractivity contribution in [2.75, 3.05) is 6.61 Å². The minimum atomic E-state index is -0.465. The monoisotopic (exact) mass is 450 g/mol. The highest BCUT2D eigenvalue weighted by Crippen LogP contribution is 2.40. The quantitative estimate of drug-likeness (QED) is 0.416. The fourth-order valence-corrected chi connectivity index (χ4v) is 4.63. The number of hydrogen-bond acceptors (Lipinski definition) is 3. The summed E-state index contributed by atoms with van der Waals surface area (Å²) in [7, 11) is 0. The first-order valence-electron chi connectivity index (χ1n) is 12.2. The van der Waals surface area contributed by atoms with E-state index in [9.17, 15) is 9.90 Å². The molecule has 0 fully saturated rings. The van der Waals surface area contributed by atoms with Crippen molar-refractivity contribution in [3.63, 3.8) is 0 Å². The molecule has 3 nitrogen and oxygen atoms in total. The van der Waals surface area contributed by atoms with Crippen molar-refractivity contribution in [3.8, 4) is 0 Å². The maximum absolute atomic E-state index is 11.4. The number of ketones is 1. The molecule has 2 N–H and O–H groups in total. The van der Waals surface area contributed by atoms with E-state index in [0.717, 1.165) is 36.8 Å². The summed E-state index contributed by atoms with van der Waals surface area (Å²) in [4.78, 5) is 11.4. The highest BCUT2D eigenvalue weighted by Gasteiger charge is 2.31. The molecular formula is C30H42O3. The van der Waals surface area contributed by atoms with Gasteiger partial charge >= 0.3 is 0 Å². The van der Waals surface area contributed by atoms with Crippen LogP contribution in [0.1, 0.15) is 87.3 Å². The molecule has 33 heavy (non-hydrogen) atoms. The van der Waals surface area contributed by atoms with Crippen molar-refractivity contribution in [1.29, 1.82) is 0 Å². The van der Waals surface area contributed by atoms with Crippen LogP contribution in [0.2, 0.25) is 0 Å². The summed E-state index contributed by atoms with van der Waals surface area (Å²) >= 11 is 0. The second-order valence-corrected chi connectivity index (χ2v) is 10.4. The largest absolute Gasteiger partial charge is 0.393 e. The van der Waals surface area contributed by atoms with Gasteiger partial charge < -0.3 is 10.2 Å². The third-order valence-corrected chi connectivity index (χ3v) is 7.22. The van der Waals surface area contributed by atoms with E-state index in [1.807, 2.05) is 0 Å². The van der Waals surface area contributed by atoms with Gasteiger partial charge in [0, 0.05) is 5.41 Å². The minimum Gasteiger partial charge on any atom is -0.393 e. The van der Waals surface area contributed by atoms with Gasteiger partial charge in [-0.1, -0.05) is 77.1 Å². The summed E-state index contributed by atoms with van der Waals surface area (Å²) in [5.74, 6) is -0.291. The number of aliphatic hydroxyl groups excluding tert-OH is 2. The summed E-state index contributed by atoms with van der Waals surface area (Å²) in [6.07, 6.45) is 6.53. The zero-order chi connectivity index (χ0) is 24.8. The Morgan fingerprint density at radius 3 is 2.03 bits per heavy atom. The van der Waals surface area contributed by atoms with E-state index in [-0.39, 0.29) is 22.7 Å². The number of rotatable bonds is 10. The lowest BCUT2D eigenvalue weighted by Crippen LogP contribution is -2.27. The fraction of sp³-hybridized carbons (Fsp3) is 0.500. The maximum Gasteiger partial charge on any atom is 0.181 e. The van der Waals surface area contributed by atoms with Crippen LogP contribution in [0, 0.1) is 19.3 Å². The van der Waals surface area contributed by atoms with Gasteiger partial charge in [0.2, 0.25) is 0 Å². The number of hydrogen-bond donors (Lipinski definition) is 2. The number of benzene rings is 2. The van der Waals surface area contributed by atoms with Gasteiger partial charge in [-0.2, -0.15) is 0 Å². The molecule has 2 aromatic rings. The molecule has 0 saturated heterocycles. The summed E-state index contributed by atoms with van der Waals surface area (Å²) in [6, 6.07) is 13.3. The normalized spacial score (nSPS) is 13.5. The van der Waals surface area contributed by atoms with E-state index < -0.39 is 6.61 Å². The molecular weight excluding hydrogens is 408 g/mol. The van der Waals surface area contributed by atoms with Crippen LogP contribution in [0.5, 0.6) is 0 Å². The lowest BCUT2D eigenvalue weighted by Gasteiger charge is -2.34. The van der Waals surface area contributed by atoms with E-state index >= 15 is 0 Å². The summed E-state index contributed by atoms with van der Waals surface area (Å²) in [5.41, 5.74) is 7.11. The first-order chi connectivity index (χ1) is 15.5. The zero-order valence-corrected chi connectivity index (χ0v) is 21.5. The van der Waals surface area contributed by atoms with Crippen molar-refractivity contribution in [3.05, 3.63) is 75.9 Å². The van der Waals surface area contributed by atoms with Gasteiger partial charge in [-0.15, -0.1) is 0 Å². The molecule has 0 aliphatic carbocycles. The van der Waals surface area contributed by atoms with E-state index in [1.54, 1.807) is 6.08 Å². The second-order valence-electron chi connectivity index (χ2n) is 10.4. The topological polar surface area (TPSA) is 57.5 Å². The highest BCUT2D eigenvalue weighted by molar-refractivity contribution is 5.94. The average molecular weight is 451 g/mol. The van der Waals surface area contributed by atoms with Crippen molar-refractivity contribution in [2.45, 2.75) is 85.7 Å². The van der Waals surface area contributed by atoms with E-state index in [1.165, 1.54) is 28.3 Å². The third-order valence-electron chi connectivity index (χ3n) is 7.22. The molecule has 0 saturated carbocycles. The first kappa shape index (κ1) is 27.0. The van der Waals surface area contributed by atoms with Crippen LogP contribution in [0.4, 0.5) is 0 Å². The van der Waals surface area contributed by atoms with Crippen LogP contribution < -0.4 is 0 Å². The predicted molar refractivity (Wildman–Crippen MR) is 139 cm³/mol. The first-order valence-corrected chi connectivity index (χ1v) is 12.2. The Morgan fingerprint density at radius 2 is 1.55 bits per heavy atom. The van der Waals surface area contributed by atoms with Gasteiger partial charge in [0.15, 0.2) is 5.78 Å². The second kappa shape index (κ2) is 11.3. The number of carbonyl (C=O) groups excluding carboxylic acids is 1. The van der Waals surface area contributed by atoms with E-state index in [0.29, 0.717) is 0 Å². The van der Waals surface area contributed by atoms with Gasteiger partial charge in [0.25, 0.3) is 0 Å². The molecule has 3 heteroatoms. The highest BCUT2D eigenvalue weighted by atomic mass is 16.3. The molecule has 1 unspecified atom stereocenters. The molecule has 0 aliphatic heterocycles. The van der Waals surface area contributed by atoms with Gasteiger partial charge in [0.05, 0.1) is 6.10 Å². The molecule has 0 bridgehead atoms. The molecule has 2 rings (SSSR count). The predicted octanol–water partition coefficient (Wildman–Crippen LogP) is 6.32. The van der Waals surface area contributed by atoms with Crippen LogP contribution in [-0.2, 0) is 16.6 Å². The lowest BCUT2D eigenvalue weighted by atomic mass is 9.69. The van der Waals surface area contributed by atoms with Crippen LogP contribution in [0.25, 0.3) is 6.08 Å². The molecule has 0 aromatic heterocycles. The third kappa shape index (κ3) is 6.43. The SMILES string of the molecule is CCC(CC)(c1ccc(/C=C/C(=O)CO)c(C)c1)c1ccc(CCC(O)C(C)(C)C)c(C)c1. The molecule has 2 aromatic carbocycles. The van der Waals surface area contributed by atoms with Crippen LogP contribution in [0.15, 0.2) is 42.5 Å². The average Bonchev–Trinajstić information content (AvgIpc) is 2.78. The van der Waals surface area contributed by atoms with E-state index in [4.69, 9.17) is 5.11 Å². The van der Waals surface area contributed by atoms with Crippen molar-refractivity contribution in [1.82, 2.24) is 0 Å². The molecule has 0 aliphatic rings. The zero-order valence-electron chi connectivity index (χ0n) is 21.5. The Balaban J connectivity index is 2.37. The van der Waals surface area contributed by atoms with Crippen LogP contribution in [-0.4, -0.2) is 28.7 Å². The van der Waals surface area contributed by atoms with Crippen molar-refractivity contribution in [2.24, 2.45) is 5.41 Å². The summed E-state index contributed by atoms with van der Waals surface area (Å²) in [6.45, 7) is 14.5. The summed E-state index contributed by atoms with van der Waals surface area (Å²) in [5, 5.41) is 19.4. The fourth-order valence-electron chi connectivity index (χ4n) is 4.63. The molecule has 0 heterocycles. The molecule has 0 spiro atoms. The van der Waals surface area contributed by atoms with Gasteiger partial charge in [-0.3, -0.25) is 4.79 Å². The van der Waals surface area contributed by atoms with Gasteiger partial charge in [0.1, 0.15) is 6.61 Å². The molecule has 0 amide bonds. The summed E-state index contributed by atoms with van der Waals surface area (Å²) < 4.78 is 0. The number of aryl methyl sites for hydroxylation is 3. The number of aliphatic hydroxyl groups is 2. The number of carbonyl (C=O) groups is 1. The Morgan fingerprint density at radius 1 is 0.970 bits per heavy atom. The van der Waals surface area contributed by atoms with Crippen molar-refractivity contribution < 1.29 is 15.0 Å². The van der Waals surface area contributed by atoms with Crippen LogP contribution >= 0.6 is 0 Å². The van der Waals surface area contributed by atoms with Crippen molar-refractivity contribution >= 4 is 11.9 Å². The van der Waals surface area contributed by atoms with Crippen LogP contribution in [0.3, 0.4) is 0 Å². The van der Waals surface area contributed by atoms with Gasteiger partial charge in [-0.25, -0.2) is 0 Å². The molecule has 1 atom stereocenters. The maximum atomic E-state index is 11.4. The smallest absolute Gasteiger partial charge is 0.181 e. The Hall–Kier alpha value is -2.23. The van der Waals surface area contributed by atoms with E-state index in [2.05, 4.69) is 84.9 Å². The molecule has 180 valence electrons. The van der Waals surface area contributed by atoms with Gasteiger partial charge in [-0.05, 0) is 84.4 Å².